The van der Waals surface area contributed by atoms with E-state index in [0.29, 0.717) is 18.4 Å². The van der Waals surface area contributed by atoms with Crippen LogP contribution in [0, 0.1) is 11.8 Å². The lowest BCUT2D eigenvalue weighted by molar-refractivity contribution is -0.123. The maximum absolute atomic E-state index is 11.6. The van der Waals surface area contributed by atoms with Crippen molar-refractivity contribution in [2.24, 2.45) is 11.8 Å². The second-order valence-electron chi connectivity index (χ2n) is 5.46. The topological polar surface area (TPSA) is 20.3 Å². The van der Waals surface area contributed by atoms with Crippen LogP contribution in [0.25, 0.3) is 0 Å². The second-order valence-corrected chi connectivity index (χ2v) is 5.46. The number of Topliss-reactive ketones (excluding diaryl/α,β-unsaturated/α-hetero) is 1. The number of nitrogens with zero attached hydrogens (tertiary/aromatic N) is 1. The fourth-order valence-electron chi connectivity index (χ4n) is 2.36. The number of carbonyl (C=O) groups is 1. The largest absolute Gasteiger partial charge is 0.298 e. The predicted octanol–water partition coefficient (Wildman–Crippen LogP) is 2.72. The Kier molecular flexibility index (Phi) is 4.78. The van der Waals surface area contributed by atoms with Gasteiger partial charge in [-0.25, -0.2) is 0 Å². The van der Waals surface area contributed by atoms with Gasteiger partial charge in [-0.3, -0.25) is 9.69 Å². The van der Waals surface area contributed by atoms with Crippen molar-refractivity contribution in [3.8, 4) is 0 Å². The third-order valence-corrected chi connectivity index (χ3v) is 3.58. The zero-order valence-electron chi connectivity index (χ0n) is 10.6. The van der Waals surface area contributed by atoms with Crippen LogP contribution in [0.15, 0.2) is 0 Å². The van der Waals surface area contributed by atoms with Crippen molar-refractivity contribution in [2.45, 2.75) is 52.5 Å². The Morgan fingerprint density at radius 3 is 2.60 bits per heavy atom. The van der Waals surface area contributed by atoms with Crippen LogP contribution in [0.2, 0.25) is 0 Å². The Morgan fingerprint density at radius 1 is 1.40 bits per heavy atom. The van der Waals surface area contributed by atoms with Crippen LogP contribution in [-0.2, 0) is 4.79 Å². The first-order valence-electron chi connectivity index (χ1n) is 6.23. The van der Waals surface area contributed by atoms with Crippen molar-refractivity contribution in [1.29, 1.82) is 0 Å². The van der Waals surface area contributed by atoms with Gasteiger partial charge in [0.05, 0.1) is 6.54 Å². The molecule has 0 spiro atoms. The van der Waals surface area contributed by atoms with E-state index in [1.807, 2.05) is 13.8 Å². The number of likely N-dealkylation sites (N-methyl/N-ethyl adjacent to an activating group) is 1. The summed E-state index contributed by atoms with van der Waals surface area (Å²) in [5.74, 6) is 1.38. The Labute approximate surface area is 94.0 Å². The average Bonchev–Trinajstić information content (AvgIpc) is 2.17. The summed E-state index contributed by atoms with van der Waals surface area (Å²) >= 11 is 0. The van der Waals surface area contributed by atoms with Gasteiger partial charge >= 0.3 is 0 Å². The summed E-state index contributed by atoms with van der Waals surface area (Å²) in [5.41, 5.74) is 0. The van der Waals surface area contributed by atoms with Gasteiger partial charge < -0.3 is 0 Å². The molecule has 0 aromatic heterocycles. The highest BCUT2D eigenvalue weighted by molar-refractivity contribution is 5.82. The summed E-state index contributed by atoms with van der Waals surface area (Å²) in [4.78, 5) is 13.9. The van der Waals surface area contributed by atoms with Crippen LogP contribution < -0.4 is 0 Å². The maximum atomic E-state index is 11.6. The second kappa shape index (κ2) is 5.64. The summed E-state index contributed by atoms with van der Waals surface area (Å²) in [6, 6.07) is 0.636. The number of carbonyl (C=O) groups excluding carboxylic acids is 1. The maximum Gasteiger partial charge on any atom is 0.149 e. The minimum Gasteiger partial charge on any atom is -0.298 e. The van der Waals surface area contributed by atoms with Crippen molar-refractivity contribution in [3.63, 3.8) is 0 Å². The first-order valence-corrected chi connectivity index (χ1v) is 6.23. The van der Waals surface area contributed by atoms with Crippen molar-refractivity contribution >= 4 is 5.78 Å². The lowest BCUT2D eigenvalue weighted by atomic mass is 9.86. The van der Waals surface area contributed by atoms with Gasteiger partial charge in [0.1, 0.15) is 5.78 Å². The number of rotatable bonds is 4. The minimum absolute atomic E-state index is 0.175. The summed E-state index contributed by atoms with van der Waals surface area (Å²) < 4.78 is 0. The average molecular weight is 211 g/mol. The highest BCUT2D eigenvalue weighted by Gasteiger charge is 2.23. The molecule has 1 fully saturated rings. The van der Waals surface area contributed by atoms with Crippen molar-refractivity contribution in [1.82, 2.24) is 4.90 Å². The van der Waals surface area contributed by atoms with Crippen LogP contribution in [0.1, 0.15) is 46.5 Å². The van der Waals surface area contributed by atoms with Gasteiger partial charge in [0.15, 0.2) is 0 Å². The molecule has 0 heterocycles. The van der Waals surface area contributed by atoms with E-state index < -0.39 is 0 Å². The molecule has 15 heavy (non-hydrogen) atoms. The standard InChI is InChI=1S/C13H25NO/c1-10(2)13(15)9-14(4)12-7-5-6-11(3)8-12/h10-12H,5-9H2,1-4H3. The Hall–Kier alpha value is -0.370. The summed E-state index contributed by atoms with van der Waals surface area (Å²) in [6.45, 7) is 6.93. The first kappa shape index (κ1) is 12.7. The summed E-state index contributed by atoms with van der Waals surface area (Å²) in [5, 5.41) is 0. The lowest BCUT2D eigenvalue weighted by Crippen LogP contribution is -2.39. The van der Waals surface area contributed by atoms with Crippen LogP contribution >= 0.6 is 0 Å². The molecule has 0 amide bonds. The third kappa shape index (κ3) is 3.94. The zero-order chi connectivity index (χ0) is 11.4. The van der Waals surface area contributed by atoms with Crippen LogP contribution in [0.5, 0.6) is 0 Å². The van der Waals surface area contributed by atoms with E-state index in [1.165, 1.54) is 25.7 Å². The third-order valence-electron chi connectivity index (χ3n) is 3.58. The predicted molar refractivity (Wildman–Crippen MR) is 63.9 cm³/mol. The molecule has 88 valence electrons. The zero-order valence-corrected chi connectivity index (χ0v) is 10.6. The highest BCUT2D eigenvalue weighted by atomic mass is 16.1. The van der Waals surface area contributed by atoms with Gasteiger partial charge in [0.25, 0.3) is 0 Å². The van der Waals surface area contributed by atoms with E-state index in [-0.39, 0.29) is 5.92 Å². The molecule has 1 rings (SSSR count). The molecule has 1 aliphatic rings. The molecular weight excluding hydrogens is 186 g/mol. The van der Waals surface area contributed by atoms with Gasteiger partial charge in [0.2, 0.25) is 0 Å². The molecule has 2 atom stereocenters. The Bertz CT molecular complexity index is 213. The highest BCUT2D eigenvalue weighted by Crippen LogP contribution is 2.26. The number of hydrogen-bond donors (Lipinski definition) is 0. The normalized spacial score (nSPS) is 27.3. The van der Waals surface area contributed by atoms with E-state index in [4.69, 9.17) is 0 Å². The van der Waals surface area contributed by atoms with E-state index in [2.05, 4.69) is 18.9 Å². The summed E-state index contributed by atoms with van der Waals surface area (Å²) in [7, 11) is 2.10. The molecule has 1 saturated carbocycles. The molecule has 0 aromatic carbocycles. The molecule has 0 bridgehead atoms. The van der Waals surface area contributed by atoms with Gasteiger partial charge in [-0.2, -0.15) is 0 Å². The number of ketones is 1. The molecule has 2 unspecified atom stereocenters. The first-order chi connectivity index (χ1) is 7.00. The minimum atomic E-state index is 0.175. The van der Waals surface area contributed by atoms with Crippen LogP contribution in [0.3, 0.4) is 0 Å². The molecule has 1 aliphatic carbocycles. The molecule has 2 nitrogen and oxygen atoms in total. The van der Waals surface area contributed by atoms with E-state index in [0.717, 1.165) is 5.92 Å². The Balaban J connectivity index is 2.38. The van der Waals surface area contributed by atoms with E-state index in [1.54, 1.807) is 0 Å². The molecule has 0 aliphatic heterocycles. The molecule has 0 aromatic rings. The van der Waals surface area contributed by atoms with Crippen LogP contribution in [0.4, 0.5) is 0 Å². The van der Waals surface area contributed by atoms with Gasteiger partial charge in [0, 0.05) is 12.0 Å². The monoisotopic (exact) mass is 211 g/mol. The lowest BCUT2D eigenvalue weighted by Gasteiger charge is -2.34. The smallest absolute Gasteiger partial charge is 0.149 e. The van der Waals surface area contributed by atoms with E-state index in [9.17, 15) is 4.79 Å². The molecular formula is C13H25NO. The van der Waals surface area contributed by atoms with Gasteiger partial charge in [-0.05, 0) is 25.8 Å². The van der Waals surface area contributed by atoms with E-state index >= 15 is 0 Å². The van der Waals surface area contributed by atoms with Gasteiger partial charge in [-0.1, -0.05) is 33.6 Å². The Morgan fingerprint density at radius 2 is 2.07 bits per heavy atom. The van der Waals surface area contributed by atoms with Crippen LogP contribution in [-0.4, -0.2) is 30.3 Å². The molecule has 0 radical (unpaired) electrons. The van der Waals surface area contributed by atoms with Crippen molar-refractivity contribution < 1.29 is 4.79 Å². The quantitative estimate of drug-likeness (QED) is 0.712. The fourth-order valence-corrected chi connectivity index (χ4v) is 2.36. The number of hydrogen-bond acceptors (Lipinski definition) is 2. The fraction of sp³-hybridized carbons (Fsp3) is 0.923. The van der Waals surface area contributed by atoms with Gasteiger partial charge in [-0.15, -0.1) is 0 Å². The molecule has 2 heteroatoms. The van der Waals surface area contributed by atoms with Crippen molar-refractivity contribution in [3.05, 3.63) is 0 Å². The summed E-state index contributed by atoms with van der Waals surface area (Å²) in [6.07, 6.45) is 5.22. The SMILES string of the molecule is CC1CCCC(N(C)CC(=O)C(C)C)C1. The molecule has 0 N–H and O–H groups in total. The molecule has 0 saturated heterocycles. The van der Waals surface area contributed by atoms with Crippen molar-refractivity contribution in [2.75, 3.05) is 13.6 Å².